The Morgan fingerprint density at radius 2 is 1.53 bits per heavy atom. The Hall–Kier alpha value is -1.03. The molecule has 0 fully saturated rings. The van der Waals surface area contributed by atoms with Gasteiger partial charge in [0.25, 0.3) is 0 Å². The zero-order chi connectivity index (χ0) is 13.3. The maximum atomic E-state index is 10.9. The highest BCUT2D eigenvalue weighted by atomic mass is 32.2. The Labute approximate surface area is 107 Å². The van der Waals surface area contributed by atoms with E-state index in [9.17, 15) is 10.1 Å². The fraction of sp³-hybridized carbons (Fsp3) is 0.538. The quantitative estimate of drug-likeness (QED) is 0.463. The molecule has 0 radical (unpaired) electrons. The first-order valence-electron chi connectivity index (χ1n) is 5.57. The van der Waals surface area contributed by atoms with Gasteiger partial charge in [-0.15, -0.1) is 11.8 Å². The van der Waals surface area contributed by atoms with E-state index in [4.69, 9.17) is 0 Å². The Bertz CT molecular complexity index is 404. The van der Waals surface area contributed by atoms with Gasteiger partial charge in [-0.3, -0.25) is 10.1 Å². The van der Waals surface area contributed by atoms with Gasteiger partial charge in [0.05, 0.1) is 0 Å². The number of benzene rings is 1. The van der Waals surface area contributed by atoms with Crippen molar-refractivity contribution in [2.24, 2.45) is 0 Å². The van der Waals surface area contributed by atoms with Crippen LogP contribution in [0.4, 0.5) is 0 Å². The van der Waals surface area contributed by atoms with Gasteiger partial charge in [0.15, 0.2) is 0 Å². The average molecular weight is 253 g/mol. The van der Waals surface area contributed by atoms with Crippen LogP contribution in [0.2, 0.25) is 0 Å². The largest absolute Gasteiger partial charge is 0.264 e. The summed E-state index contributed by atoms with van der Waals surface area (Å²) < 4.78 is 0.153. The second-order valence-corrected chi connectivity index (χ2v) is 7.46. The summed E-state index contributed by atoms with van der Waals surface area (Å²) in [5.41, 5.74) is -0.286. The zero-order valence-electron chi connectivity index (χ0n) is 11.0. The molecule has 17 heavy (non-hydrogen) atoms. The smallest absolute Gasteiger partial charge is 0.241 e. The lowest BCUT2D eigenvalue weighted by Crippen LogP contribution is -2.27. The highest BCUT2D eigenvalue weighted by Gasteiger charge is 2.32. The Kier molecular flexibility index (Phi) is 3.87. The van der Waals surface area contributed by atoms with Gasteiger partial charge in [-0.05, 0) is 12.1 Å². The first-order chi connectivity index (χ1) is 7.63. The van der Waals surface area contributed by atoms with Crippen molar-refractivity contribution in [2.45, 2.75) is 49.8 Å². The van der Waals surface area contributed by atoms with Crippen LogP contribution in [0.25, 0.3) is 0 Å². The minimum absolute atomic E-state index is 0.153. The summed E-state index contributed by atoms with van der Waals surface area (Å²) >= 11 is 1.76. The molecule has 4 heteroatoms. The Morgan fingerprint density at radius 3 is 1.88 bits per heavy atom. The van der Waals surface area contributed by atoms with E-state index in [-0.39, 0.29) is 9.67 Å². The number of nitrogens with zero attached hydrogens (tertiary/aromatic N) is 1. The fourth-order valence-corrected chi connectivity index (χ4v) is 2.37. The van der Waals surface area contributed by atoms with Crippen molar-refractivity contribution in [1.82, 2.24) is 0 Å². The van der Waals surface area contributed by atoms with Crippen LogP contribution in [-0.2, 0) is 5.54 Å². The van der Waals surface area contributed by atoms with Crippen LogP contribution < -0.4 is 0 Å². The summed E-state index contributed by atoms with van der Waals surface area (Å²) in [5.74, 6) is 0. The molecule has 1 aromatic rings. The molecule has 3 nitrogen and oxygen atoms in total. The van der Waals surface area contributed by atoms with Gasteiger partial charge in [-0.2, -0.15) is 0 Å². The predicted octanol–water partition coefficient (Wildman–Crippen LogP) is 4.09. The van der Waals surface area contributed by atoms with E-state index in [1.807, 2.05) is 24.3 Å². The van der Waals surface area contributed by atoms with E-state index in [1.54, 1.807) is 25.6 Å². The average Bonchev–Trinajstić information content (AvgIpc) is 2.15. The minimum atomic E-state index is -1.02. The van der Waals surface area contributed by atoms with E-state index >= 15 is 0 Å². The summed E-state index contributed by atoms with van der Waals surface area (Å²) in [5, 5.41) is 10.9. The maximum absolute atomic E-state index is 10.9. The second kappa shape index (κ2) is 4.69. The van der Waals surface area contributed by atoms with E-state index in [2.05, 4.69) is 20.8 Å². The molecule has 0 saturated heterocycles. The molecule has 0 aromatic heterocycles. The van der Waals surface area contributed by atoms with Crippen LogP contribution in [0.15, 0.2) is 29.2 Å². The molecule has 0 aliphatic rings. The van der Waals surface area contributed by atoms with Gasteiger partial charge in [-0.1, -0.05) is 32.9 Å². The molecule has 0 heterocycles. The molecule has 0 atom stereocenters. The molecule has 1 rings (SSSR count). The van der Waals surface area contributed by atoms with Gasteiger partial charge < -0.3 is 0 Å². The molecule has 0 bridgehead atoms. The highest BCUT2D eigenvalue weighted by Crippen LogP contribution is 2.33. The van der Waals surface area contributed by atoms with Crippen LogP contribution in [-0.4, -0.2) is 9.67 Å². The minimum Gasteiger partial charge on any atom is -0.264 e. The predicted molar refractivity (Wildman–Crippen MR) is 72.1 cm³/mol. The topological polar surface area (TPSA) is 43.1 Å². The summed E-state index contributed by atoms with van der Waals surface area (Å²) in [4.78, 5) is 11.8. The van der Waals surface area contributed by atoms with Gasteiger partial charge in [0.2, 0.25) is 5.54 Å². The molecular weight excluding hydrogens is 234 g/mol. The van der Waals surface area contributed by atoms with E-state index in [1.165, 1.54) is 0 Å². The number of thioether (sulfide) groups is 1. The first-order valence-corrected chi connectivity index (χ1v) is 6.38. The van der Waals surface area contributed by atoms with E-state index < -0.39 is 5.54 Å². The van der Waals surface area contributed by atoms with Gasteiger partial charge in [0, 0.05) is 34.0 Å². The third-order valence-electron chi connectivity index (χ3n) is 2.44. The van der Waals surface area contributed by atoms with Gasteiger partial charge in [-0.25, -0.2) is 0 Å². The van der Waals surface area contributed by atoms with Crippen LogP contribution >= 0.6 is 11.8 Å². The molecule has 0 aliphatic carbocycles. The summed E-state index contributed by atoms with van der Waals surface area (Å²) in [7, 11) is 0. The molecule has 0 saturated carbocycles. The van der Waals surface area contributed by atoms with Crippen LogP contribution in [0.5, 0.6) is 0 Å². The third-order valence-corrected chi connectivity index (χ3v) is 3.56. The van der Waals surface area contributed by atoms with E-state index in [0.29, 0.717) is 0 Å². The second-order valence-electron chi connectivity index (χ2n) is 5.55. The summed E-state index contributed by atoms with van der Waals surface area (Å²) in [6.07, 6.45) is 0. The number of hydrogen-bond donors (Lipinski definition) is 0. The molecule has 0 amide bonds. The van der Waals surface area contributed by atoms with E-state index in [0.717, 1.165) is 10.5 Å². The molecule has 0 N–H and O–H groups in total. The number of rotatable bonds is 3. The lowest BCUT2D eigenvalue weighted by atomic mass is 9.95. The Balaban J connectivity index is 2.93. The molecule has 0 unspecified atom stereocenters. The van der Waals surface area contributed by atoms with Crippen molar-refractivity contribution >= 4 is 11.8 Å². The maximum Gasteiger partial charge on any atom is 0.241 e. The highest BCUT2D eigenvalue weighted by molar-refractivity contribution is 8.00. The summed E-state index contributed by atoms with van der Waals surface area (Å²) in [6.45, 7) is 9.68. The zero-order valence-corrected chi connectivity index (χ0v) is 11.8. The molecule has 94 valence electrons. The van der Waals surface area contributed by atoms with Crippen molar-refractivity contribution in [2.75, 3.05) is 0 Å². The normalized spacial score (nSPS) is 12.5. The fourth-order valence-electron chi connectivity index (χ4n) is 1.39. The standard InChI is InChI=1S/C13H19NO2S/c1-12(2,3)17-11-8-6-10(7-9-11)13(4,5)14(15)16/h6-9H,1-5H3. The number of hydrogen-bond acceptors (Lipinski definition) is 3. The SMILES string of the molecule is CC(C)(C)Sc1ccc(C(C)(C)[N+](=O)[O-])cc1. The van der Waals surface area contributed by atoms with Crippen molar-refractivity contribution in [3.8, 4) is 0 Å². The van der Waals surface area contributed by atoms with Crippen LogP contribution in [0.1, 0.15) is 40.2 Å². The third kappa shape index (κ3) is 3.73. The van der Waals surface area contributed by atoms with Crippen molar-refractivity contribution in [1.29, 1.82) is 0 Å². The molecule has 0 spiro atoms. The van der Waals surface area contributed by atoms with Crippen molar-refractivity contribution in [3.05, 3.63) is 39.9 Å². The monoisotopic (exact) mass is 253 g/mol. The van der Waals surface area contributed by atoms with Gasteiger partial charge >= 0.3 is 0 Å². The van der Waals surface area contributed by atoms with Crippen molar-refractivity contribution < 1.29 is 4.92 Å². The number of nitro groups is 1. The molecule has 1 aromatic carbocycles. The van der Waals surface area contributed by atoms with Gasteiger partial charge in [0.1, 0.15) is 0 Å². The van der Waals surface area contributed by atoms with Crippen LogP contribution in [0.3, 0.4) is 0 Å². The first kappa shape index (κ1) is 14.0. The molecular formula is C13H19NO2S. The lowest BCUT2D eigenvalue weighted by Gasteiger charge is -2.19. The Morgan fingerprint density at radius 1 is 1.06 bits per heavy atom. The summed E-state index contributed by atoms with van der Waals surface area (Å²) in [6, 6.07) is 7.60. The lowest BCUT2D eigenvalue weighted by molar-refractivity contribution is -0.569. The molecule has 0 aliphatic heterocycles. The van der Waals surface area contributed by atoms with Crippen molar-refractivity contribution in [3.63, 3.8) is 0 Å². The van der Waals surface area contributed by atoms with Crippen LogP contribution in [0, 0.1) is 10.1 Å².